The van der Waals surface area contributed by atoms with Crippen molar-refractivity contribution >= 4 is 0 Å². The summed E-state index contributed by atoms with van der Waals surface area (Å²) >= 11 is 0. The molecule has 0 spiro atoms. The van der Waals surface area contributed by atoms with E-state index in [0.29, 0.717) is 0 Å². The van der Waals surface area contributed by atoms with Gasteiger partial charge in [0.15, 0.2) is 0 Å². The van der Waals surface area contributed by atoms with Gasteiger partial charge in [0.1, 0.15) is 0 Å². The van der Waals surface area contributed by atoms with Gasteiger partial charge in [0, 0.05) is 0 Å². The fourth-order valence-corrected chi connectivity index (χ4v) is 1.20. The summed E-state index contributed by atoms with van der Waals surface area (Å²) in [5, 5.41) is 0. The quantitative estimate of drug-likeness (QED) is 0.473. The minimum atomic E-state index is 1.21. The summed E-state index contributed by atoms with van der Waals surface area (Å²) in [4.78, 5) is 0. The molecule has 0 aromatic heterocycles. The van der Waals surface area contributed by atoms with E-state index in [9.17, 15) is 0 Å². The van der Waals surface area contributed by atoms with Crippen molar-refractivity contribution < 1.29 is 0 Å². The topological polar surface area (TPSA) is 0 Å². The average molecular weight is 160 g/mol. The molecule has 0 unspecified atom stereocenters. The van der Waals surface area contributed by atoms with Gasteiger partial charge in [-0.3, -0.25) is 0 Å². The van der Waals surface area contributed by atoms with Crippen LogP contribution in [0.2, 0.25) is 0 Å². The van der Waals surface area contributed by atoms with E-state index in [1.165, 1.54) is 32.1 Å². The minimum Gasteiger partial charge on any atom is -0.121 e. The van der Waals surface area contributed by atoms with E-state index in [1.54, 1.807) is 0 Å². The molecular weight excluding hydrogens is 144 g/mol. The van der Waals surface area contributed by atoms with Crippen LogP contribution in [0.25, 0.3) is 0 Å². The molecule has 0 fully saturated rings. The van der Waals surface area contributed by atoms with Crippen molar-refractivity contribution in [2.24, 2.45) is 0 Å². The van der Waals surface area contributed by atoms with Crippen molar-refractivity contribution in [3.63, 3.8) is 0 Å². The van der Waals surface area contributed by atoms with Crippen LogP contribution in [0.15, 0.2) is 42.2 Å². The molecule has 0 bridgehead atoms. The zero-order valence-corrected chi connectivity index (χ0v) is 7.50. The monoisotopic (exact) mass is 160 g/mol. The first-order valence-corrected chi connectivity index (χ1v) is 4.73. The lowest BCUT2D eigenvalue weighted by Gasteiger charge is -1.94. The van der Waals surface area contributed by atoms with Crippen LogP contribution in [0.1, 0.15) is 32.1 Å². The van der Waals surface area contributed by atoms with Gasteiger partial charge in [-0.25, -0.2) is 0 Å². The molecule has 0 N–H and O–H groups in total. The highest BCUT2D eigenvalue weighted by molar-refractivity contribution is 5.08. The van der Waals surface area contributed by atoms with Crippen molar-refractivity contribution in [3.8, 4) is 0 Å². The molecule has 0 heteroatoms. The first-order chi connectivity index (χ1) is 6.00. The Morgan fingerprint density at radius 3 is 1.92 bits per heavy atom. The van der Waals surface area contributed by atoms with Crippen LogP contribution in [0.4, 0.5) is 0 Å². The average Bonchev–Trinajstić information content (AvgIpc) is 2.05. The third kappa shape index (κ3) is 4.76. The summed E-state index contributed by atoms with van der Waals surface area (Å²) in [6.45, 7) is 0. The number of hydrogen-bond acceptors (Lipinski definition) is 0. The molecule has 0 heterocycles. The Labute approximate surface area is 75.0 Å². The highest BCUT2D eigenvalue weighted by Gasteiger charge is 1.85. The fourth-order valence-electron chi connectivity index (χ4n) is 1.20. The fraction of sp³-hybridized carbons (Fsp3) is 0.417. The SMILES string of the molecule is C1=CC=CCCCCCC=CC=1. The lowest BCUT2D eigenvalue weighted by atomic mass is 10.1. The van der Waals surface area contributed by atoms with Gasteiger partial charge in [-0.2, -0.15) is 0 Å². The molecule has 1 aliphatic carbocycles. The Morgan fingerprint density at radius 2 is 1.33 bits per heavy atom. The largest absolute Gasteiger partial charge is 0.121 e. The van der Waals surface area contributed by atoms with Crippen LogP contribution in [0, 0.1) is 0 Å². The molecule has 0 radical (unpaired) electrons. The second-order valence-electron chi connectivity index (χ2n) is 2.99. The van der Waals surface area contributed by atoms with Crippen LogP contribution >= 0.6 is 0 Å². The van der Waals surface area contributed by atoms with E-state index in [-0.39, 0.29) is 0 Å². The Kier molecular flexibility index (Phi) is 5.07. The molecule has 0 aromatic carbocycles. The van der Waals surface area contributed by atoms with Gasteiger partial charge < -0.3 is 0 Å². The van der Waals surface area contributed by atoms with Crippen molar-refractivity contribution in [1.29, 1.82) is 0 Å². The maximum absolute atomic E-state index is 3.08. The Balaban J connectivity index is 2.45. The van der Waals surface area contributed by atoms with Crippen molar-refractivity contribution in [3.05, 3.63) is 42.2 Å². The van der Waals surface area contributed by atoms with Gasteiger partial charge >= 0.3 is 0 Å². The van der Waals surface area contributed by atoms with Crippen LogP contribution in [0.3, 0.4) is 0 Å². The zero-order chi connectivity index (χ0) is 8.49. The molecule has 0 nitrogen and oxygen atoms in total. The molecule has 0 saturated carbocycles. The van der Waals surface area contributed by atoms with Gasteiger partial charge in [-0.15, -0.1) is 5.73 Å². The molecule has 0 aliphatic heterocycles. The molecule has 1 rings (SSSR count). The van der Waals surface area contributed by atoms with E-state index < -0.39 is 0 Å². The van der Waals surface area contributed by atoms with Crippen LogP contribution in [0.5, 0.6) is 0 Å². The second kappa shape index (κ2) is 6.69. The summed E-state index contributed by atoms with van der Waals surface area (Å²) < 4.78 is 0. The molecular formula is C12H16. The predicted molar refractivity (Wildman–Crippen MR) is 54.0 cm³/mol. The lowest BCUT2D eigenvalue weighted by Crippen LogP contribution is -1.74. The summed E-state index contributed by atoms with van der Waals surface area (Å²) in [7, 11) is 0. The van der Waals surface area contributed by atoms with Gasteiger partial charge in [-0.05, 0) is 37.8 Å². The zero-order valence-electron chi connectivity index (χ0n) is 7.50. The first kappa shape index (κ1) is 9.09. The summed E-state index contributed by atoms with van der Waals surface area (Å²) in [6.07, 6.45) is 18.9. The molecule has 0 amide bonds. The van der Waals surface area contributed by atoms with E-state index in [1.807, 2.05) is 12.2 Å². The minimum absolute atomic E-state index is 1.21. The van der Waals surface area contributed by atoms with Gasteiger partial charge in [-0.1, -0.05) is 30.7 Å². The van der Waals surface area contributed by atoms with Crippen molar-refractivity contribution in [1.82, 2.24) is 0 Å². The summed E-state index contributed by atoms with van der Waals surface area (Å²) in [5.41, 5.74) is 3.08. The van der Waals surface area contributed by atoms with Gasteiger partial charge in [0.05, 0.1) is 0 Å². The number of allylic oxidation sites excluding steroid dienone is 5. The maximum atomic E-state index is 3.08. The second-order valence-corrected chi connectivity index (χ2v) is 2.99. The normalized spacial score (nSPS) is 18.7. The standard InChI is InChI=1S/C12H16/c1-2-4-6-8-10-12-11-9-7-5-3-1/h1-3,7,9,11H,4,6,8,10,12H2. The summed E-state index contributed by atoms with van der Waals surface area (Å²) in [6, 6.07) is 0. The molecule has 64 valence electrons. The molecule has 0 aromatic rings. The molecule has 12 heavy (non-hydrogen) atoms. The smallest absolute Gasteiger partial charge is 0.0203 e. The molecule has 0 saturated heterocycles. The predicted octanol–water partition coefficient (Wildman–Crippen LogP) is 3.77. The van der Waals surface area contributed by atoms with E-state index in [2.05, 4.69) is 30.0 Å². The van der Waals surface area contributed by atoms with Gasteiger partial charge in [0.25, 0.3) is 0 Å². The van der Waals surface area contributed by atoms with E-state index in [4.69, 9.17) is 0 Å². The highest BCUT2D eigenvalue weighted by Crippen LogP contribution is 2.04. The molecule has 0 atom stereocenters. The molecule has 1 aliphatic rings. The van der Waals surface area contributed by atoms with Crippen LogP contribution < -0.4 is 0 Å². The lowest BCUT2D eigenvalue weighted by molar-refractivity contribution is 0.696. The van der Waals surface area contributed by atoms with E-state index in [0.717, 1.165) is 0 Å². The number of rotatable bonds is 0. The summed E-state index contributed by atoms with van der Waals surface area (Å²) in [5.74, 6) is 0. The number of hydrogen-bond donors (Lipinski definition) is 0. The highest BCUT2D eigenvalue weighted by atomic mass is 13.9. The first-order valence-electron chi connectivity index (χ1n) is 4.73. The van der Waals surface area contributed by atoms with Gasteiger partial charge in [0.2, 0.25) is 0 Å². The van der Waals surface area contributed by atoms with Crippen LogP contribution in [-0.4, -0.2) is 0 Å². The van der Waals surface area contributed by atoms with Crippen LogP contribution in [-0.2, 0) is 0 Å². The maximum Gasteiger partial charge on any atom is -0.0203 e. The Morgan fingerprint density at radius 1 is 0.750 bits per heavy atom. The third-order valence-corrected chi connectivity index (χ3v) is 1.90. The Hall–Kier alpha value is -1.00. The third-order valence-electron chi connectivity index (χ3n) is 1.90. The van der Waals surface area contributed by atoms with Crippen molar-refractivity contribution in [2.45, 2.75) is 32.1 Å². The van der Waals surface area contributed by atoms with E-state index >= 15 is 0 Å². The van der Waals surface area contributed by atoms with Crippen molar-refractivity contribution in [2.75, 3.05) is 0 Å². The Bertz CT molecular complexity index is 192.